The van der Waals surface area contributed by atoms with E-state index in [0.717, 1.165) is 39.1 Å². The number of carbonyl (C=O) groups excluding carboxylic acids is 1. The lowest BCUT2D eigenvalue weighted by Crippen LogP contribution is -2.10. The summed E-state index contributed by atoms with van der Waals surface area (Å²) in [7, 11) is 1.83. The minimum absolute atomic E-state index is 0.164. The number of hydrogen-bond donors (Lipinski definition) is 3. The van der Waals surface area contributed by atoms with Crippen LogP contribution >= 0.6 is 0 Å². The summed E-state index contributed by atoms with van der Waals surface area (Å²) < 4.78 is 0. The largest absolute Gasteiger partial charge is 0.345 e. The third-order valence-electron chi connectivity index (χ3n) is 4.44. The van der Waals surface area contributed by atoms with E-state index in [1.54, 1.807) is 12.3 Å². The molecule has 0 aliphatic carbocycles. The number of nitrogens with one attached hydrogen (secondary N) is 3. The first kappa shape index (κ1) is 18.5. The predicted octanol–water partition coefficient (Wildman–Crippen LogP) is 3.40. The van der Waals surface area contributed by atoms with Crippen molar-refractivity contribution in [1.82, 2.24) is 25.3 Å². The Morgan fingerprint density at radius 1 is 1.17 bits per heavy atom. The molecule has 0 saturated carbocycles. The maximum Gasteiger partial charge on any atom is 0.248 e. The summed E-state index contributed by atoms with van der Waals surface area (Å²) >= 11 is 0. The van der Waals surface area contributed by atoms with E-state index in [1.165, 1.54) is 12.4 Å². The topological polar surface area (TPSA) is 95.6 Å². The Morgan fingerprint density at radius 3 is 2.93 bits per heavy atom. The molecule has 3 aromatic heterocycles. The van der Waals surface area contributed by atoms with Crippen molar-refractivity contribution in [2.75, 3.05) is 18.9 Å². The zero-order valence-electron chi connectivity index (χ0n) is 15.9. The number of pyridine rings is 1. The van der Waals surface area contributed by atoms with Crippen molar-refractivity contribution >= 4 is 22.6 Å². The van der Waals surface area contributed by atoms with Crippen LogP contribution in [0.5, 0.6) is 0 Å². The van der Waals surface area contributed by atoms with Crippen LogP contribution in [0, 0.1) is 0 Å². The molecule has 29 heavy (non-hydrogen) atoms. The summed E-state index contributed by atoms with van der Waals surface area (Å²) in [6, 6.07) is 11.6. The molecule has 3 N–H and O–H groups in total. The number of likely N-dealkylation sites (N-methyl/N-ethyl adjacent to an activating group) is 1. The number of H-pyrrole nitrogens is 1. The van der Waals surface area contributed by atoms with E-state index in [9.17, 15) is 4.79 Å². The monoisotopic (exact) mass is 384 g/mol. The summed E-state index contributed by atoms with van der Waals surface area (Å²) in [6.45, 7) is 0.643. The molecule has 0 spiro atoms. The van der Waals surface area contributed by atoms with Crippen LogP contribution in [0.2, 0.25) is 0 Å². The Hall–Kier alpha value is -3.84. The first-order valence-electron chi connectivity index (χ1n) is 9.20. The molecule has 0 bridgehead atoms. The van der Waals surface area contributed by atoms with Gasteiger partial charge in [-0.15, -0.1) is 0 Å². The first-order chi connectivity index (χ1) is 14.2. The Kier molecular flexibility index (Phi) is 5.40. The van der Waals surface area contributed by atoms with Crippen LogP contribution in [0.1, 0.15) is 0 Å². The Balaban J connectivity index is 1.64. The van der Waals surface area contributed by atoms with E-state index in [-0.39, 0.29) is 5.91 Å². The summed E-state index contributed by atoms with van der Waals surface area (Å²) in [5.74, 6) is -0.164. The zero-order chi connectivity index (χ0) is 20.1. The van der Waals surface area contributed by atoms with Gasteiger partial charge in [0.15, 0.2) is 0 Å². The molecule has 0 fully saturated rings. The molecular weight excluding hydrogens is 364 g/mol. The first-order valence-corrected chi connectivity index (χ1v) is 9.20. The van der Waals surface area contributed by atoms with Gasteiger partial charge in [-0.25, -0.2) is 15.0 Å². The molecule has 1 amide bonds. The number of carbonyl (C=O) groups is 1. The van der Waals surface area contributed by atoms with E-state index in [1.807, 2.05) is 49.8 Å². The standard InChI is InChI=1S/C22H20N6O/c1-23-8-3-6-21(29)28-17-5-2-4-15(10-17)16-11-18-19(13-26-22(18)25-12-16)20-7-9-24-14-27-20/h2-7,9-14,23H,8H2,1H3,(H,25,26)(H,28,29). The number of benzene rings is 1. The molecule has 0 radical (unpaired) electrons. The SMILES string of the molecule is CNCC=CC(=O)Nc1cccc(-c2cnc3[nH]cc(-c4ccncn4)c3c2)c1. The molecule has 7 nitrogen and oxygen atoms in total. The third kappa shape index (κ3) is 4.20. The van der Waals surface area contributed by atoms with Crippen molar-refractivity contribution in [3.63, 3.8) is 0 Å². The smallest absolute Gasteiger partial charge is 0.248 e. The molecule has 3 heterocycles. The van der Waals surface area contributed by atoms with Crippen LogP contribution in [0.4, 0.5) is 5.69 Å². The van der Waals surface area contributed by atoms with Crippen molar-refractivity contribution in [2.45, 2.75) is 0 Å². The average molecular weight is 384 g/mol. The van der Waals surface area contributed by atoms with E-state index in [0.29, 0.717) is 6.54 Å². The van der Waals surface area contributed by atoms with Crippen molar-refractivity contribution < 1.29 is 4.79 Å². The molecule has 4 rings (SSSR count). The normalized spacial score (nSPS) is 11.2. The fourth-order valence-corrected chi connectivity index (χ4v) is 3.07. The van der Waals surface area contributed by atoms with Gasteiger partial charge < -0.3 is 15.6 Å². The van der Waals surface area contributed by atoms with Crippen LogP contribution in [-0.2, 0) is 4.79 Å². The van der Waals surface area contributed by atoms with Gasteiger partial charge in [0.2, 0.25) is 5.91 Å². The van der Waals surface area contributed by atoms with Gasteiger partial charge in [-0.3, -0.25) is 4.79 Å². The summed E-state index contributed by atoms with van der Waals surface area (Å²) in [4.78, 5) is 28.1. The van der Waals surface area contributed by atoms with Gasteiger partial charge in [0.1, 0.15) is 12.0 Å². The van der Waals surface area contributed by atoms with Crippen molar-refractivity contribution in [3.8, 4) is 22.4 Å². The molecule has 0 saturated heterocycles. The number of rotatable bonds is 6. The second-order valence-corrected chi connectivity index (χ2v) is 6.45. The summed E-state index contributed by atoms with van der Waals surface area (Å²) in [5, 5.41) is 6.82. The maximum atomic E-state index is 12.0. The van der Waals surface area contributed by atoms with E-state index in [4.69, 9.17) is 0 Å². The lowest BCUT2D eigenvalue weighted by atomic mass is 10.0. The predicted molar refractivity (Wildman–Crippen MR) is 114 cm³/mol. The lowest BCUT2D eigenvalue weighted by molar-refractivity contribution is -0.111. The molecule has 0 aliphatic rings. The van der Waals surface area contributed by atoms with Crippen LogP contribution in [0.3, 0.4) is 0 Å². The third-order valence-corrected chi connectivity index (χ3v) is 4.44. The second kappa shape index (κ2) is 8.45. The molecule has 144 valence electrons. The molecule has 1 aromatic carbocycles. The Bertz CT molecular complexity index is 1170. The second-order valence-electron chi connectivity index (χ2n) is 6.45. The molecule has 0 aliphatic heterocycles. The van der Waals surface area contributed by atoms with Gasteiger partial charge in [-0.1, -0.05) is 18.2 Å². The van der Waals surface area contributed by atoms with Gasteiger partial charge in [0.25, 0.3) is 0 Å². The maximum absolute atomic E-state index is 12.0. The number of anilines is 1. The Labute approximate surface area is 167 Å². The zero-order valence-corrected chi connectivity index (χ0v) is 15.9. The number of amides is 1. The quantitative estimate of drug-likeness (QED) is 0.443. The number of hydrogen-bond acceptors (Lipinski definition) is 5. The molecule has 0 unspecified atom stereocenters. The van der Waals surface area contributed by atoms with Gasteiger partial charge >= 0.3 is 0 Å². The van der Waals surface area contributed by atoms with Gasteiger partial charge in [0.05, 0.1) is 5.69 Å². The van der Waals surface area contributed by atoms with Gasteiger partial charge in [0, 0.05) is 53.4 Å². The molecular formula is C22H20N6O. The molecule has 4 aromatic rings. The average Bonchev–Trinajstić information content (AvgIpc) is 3.18. The minimum Gasteiger partial charge on any atom is -0.345 e. The summed E-state index contributed by atoms with van der Waals surface area (Å²) in [5.41, 5.74) is 5.24. The highest BCUT2D eigenvalue weighted by molar-refractivity contribution is 6.00. The Morgan fingerprint density at radius 2 is 2.10 bits per heavy atom. The van der Waals surface area contributed by atoms with Crippen LogP contribution in [0.15, 0.2) is 73.5 Å². The molecule has 0 atom stereocenters. The fraction of sp³-hybridized carbons (Fsp3) is 0.0909. The highest BCUT2D eigenvalue weighted by Gasteiger charge is 2.10. The minimum atomic E-state index is -0.164. The number of fused-ring (bicyclic) bond motifs is 1. The van der Waals surface area contributed by atoms with E-state index >= 15 is 0 Å². The number of aromatic nitrogens is 4. The van der Waals surface area contributed by atoms with E-state index in [2.05, 4.69) is 36.6 Å². The van der Waals surface area contributed by atoms with Crippen molar-refractivity contribution in [2.24, 2.45) is 0 Å². The summed E-state index contributed by atoms with van der Waals surface area (Å²) in [6.07, 6.45) is 10.3. The van der Waals surface area contributed by atoms with Crippen LogP contribution < -0.4 is 10.6 Å². The van der Waals surface area contributed by atoms with Gasteiger partial charge in [-0.05, 0) is 36.9 Å². The lowest BCUT2D eigenvalue weighted by Gasteiger charge is -2.07. The number of nitrogens with zero attached hydrogens (tertiary/aromatic N) is 3. The van der Waals surface area contributed by atoms with Crippen molar-refractivity contribution in [3.05, 3.63) is 73.5 Å². The number of aromatic amines is 1. The van der Waals surface area contributed by atoms with Crippen LogP contribution in [-0.4, -0.2) is 39.4 Å². The van der Waals surface area contributed by atoms with Crippen LogP contribution in [0.25, 0.3) is 33.4 Å². The highest BCUT2D eigenvalue weighted by atomic mass is 16.1. The van der Waals surface area contributed by atoms with Crippen molar-refractivity contribution in [1.29, 1.82) is 0 Å². The fourth-order valence-electron chi connectivity index (χ4n) is 3.07. The van der Waals surface area contributed by atoms with E-state index < -0.39 is 0 Å². The van der Waals surface area contributed by atoms with Gasteiger partial charge in [-0.2, -0.15) is 0 Å². The molecule has 7 heteroatoms. The highest BCUT2D eigenvalue weighted by Crippen LogP contribution is 2.30.